The Balaban J connectivity index is 3.49. The molecule has 8 heteroatoms. The minimum atomic E-state index is -1.26. The van der Waals surface area contributed by atoms with Crippen molar-refractivity contribution in [3.63, 3.8) is 0 Å². The summed E-state index contributed by atoms with van der Waals surface area (Å²) in [6, 6.07) is -0.662. The third-order valence-corrected chi connectivity index (χ3v) is 2.05. The standard InChI is InChI=1S/C12H20N2O6/c1-19-8-9-20-7-3-2-6-13-12(18)14-10(15)4-5-11(16)17/h4-5H,2-3,6-9H2,1H3,(H,16,17)(H2,13,14,15,18)/b5-4+. The molecule has 0 bridgehead atoms. The lowest BCUT2D eigenvalue weighted by atomic mass is 10.3. The van der Waals surface area contributed by atoms with Crippen molar-refractivity contribution in [2.45, 2.75) is 12.8 Å². The number of hydrogen-bond acceptors (Lipinski definition) is 5. The molecule has 0 aromatic carbocycles. The van der Waals surface area contributed by atoms with Crippen molar-refractivity contribution in [3.8, 4) is 0 Å². The Kier molecular flexibility index (Phi) is 11.0. The van der Waals surface area contributed by atoms with Crippen LogP contribution < -0.4 is 10.6 Å². The van der Waals surface area contributed by atoms with Crippen LogP contribution in [0.5, 0.6) is 0 Å². The highest BCUT2D eigenvalue weighted by Crippen LogP contribution is 1.88. The Hall–Kier alpha value is -1.93. The lowest BCUT2D eigenvalue weighted by molar-refractivity contribution is -0.131. The summed E-state index contributed by atoms with van der Waals surface area (Å²) in [6.45, 7) is 2.06. The van der Waals surface area contributed by atoms with Crippen LogP contribution in [-0.4, -0.2) is 56.5 Å². The third kappa shape index (κ3) is 12.5. The number of amides is 3. The zero-order valence-electron chi connectivity index (χ0n) is 11.4. The van der Waals surface area contributed by atoms with Crippen molar-refractivity contribution in [1.29, 1.82) is 0 Å². The fraction of sp³-hybridized carbons (Fsp3) is 0.583. The first kappa shape index (κ1) is 18.1. The number of carboxylic acid groups (broad SMARTS) is 1. The van der Waals surface area contributed by atoms with Gasteiger partial charge in [0, 0.05) is 32.4 Å². The fourth-order valence-electron chi connectivity index (χ4n) is 1.12. The van der Waals surface area contributed by atoms with Gasteiger partial charge in [0.25, 0.3) is 5.91 Å². The molecule has 0 aliphatic heterocycles. The van der Waals surface area contributed by atoms with E-state index in [4.69, 9.17) is 14.6 Å². The van der Waals surface area contributed by atoms with Crippen molar-refractivity contribution in [3.05, 3.63) is 12.2 Å². The first-order chi connectivity index (χ1) is 9.56. The van der Waals surface area contributed by atoms with E-state index >= 15 is 0 Å². The zero-order valence-corrected chi connectivity index (χ0v) is 11.4. The van der Waals surface area contributed by atoms with Gasteiger partial charge in [0.2, 0.25) is 0 Å². The Morgan fingerprint density at radius 2 is 1.85 bits per heavy atom. The fourth-order valence-corrected chi connectivity index (χ4v) is 1.12. The number of carbonyl (C=O) groups is 3. The van der Waals surface area contributed by atoms with Gasteiger partial charge in [-0.1, -0.05) is 0 Å². The first-order valence-electron chi connectivity index (χ1n) is 6.12. The summed E-state index contributed by atoms with van der Waals surface area (Å²) in [7, 11) is 1.60. The van der Waals surface area contributed by atoms with Gasteiger partial charge in [-0.3, -0.25) is 10.1 Å². The van der Waals surface area contributed by atoms with E-state index in [2.05, 4.69) is 5.32 Å². The molecule has 0 atom stereocenters. The lowest BCUT2D eigenvalue weighted by Crippen LogP contribution is -2.39. The molecule has 0 saturated carbocycles. The molecular formula is C12H20N2O6. The van der Waals surface area contributed by atoms with Crippen LogP contribution in [0.15, 0.2) is 12.2 Å². The van der Waals surface area contributed by atoms with E-state index < -0.39 is 17.9 Å². The van der Waals surface area contributed by atoms with Crippen LogP contribution >= 0.6 is 0 Å². The van der Waals surface area contributed by atoms with Gasteiger partial charge in [0.15, 0.2) is 0 Å². The molecule has 3 N–H and O–H groups in total. The number of unbranched alkanes of at least 4 members (excludes halogenated alkanes) is 1. The van der Waals surface area contributed by atoms with E-state index in [-0.39, 0.29) is 0 Å². The van der Waals surface area contributed by atoms with E-state index in [1.807, 2.05) is 5.32 Å². The molecule has 0 unspecified atom stereocenters. The number of methoxy groups -OCH3 is 1. The number of carbonyl (C=O) groups excluding carboxylic acids is 2. The molecule has 3 amide bonds. The number of aliphatic carboxylic acids is 1. The van der Waals surface area contributed by atoms with Crippen LogP contribution in [0, 0.1) is 0 Å². The van der Waals surface area contributed by atoms with Gasteiger partial charge >= 0.3 is 12.0 Å². The molecule has 0 radical (unpaired) electrons. The van der Waals surface area contributed by atoms with Gasteiger partial charge in [-0.25, -0.2) is 9.59 Å². The average molecular weight is 288 g/mol. The van der Waals surface area contributed by atoms with E-state index in [1.165, 1.54) is 0 Å². The smallest absolute Gasteiger partial charge is 0.328 e. The van der Waals surface area contributed by atoms with E-state index in [0.717, 1.165) is 12.5 Å². The summed E-state index contributed by atoms with van der Waals surface area (Å²) < 4.78 is 10.0. The Labute approximate surface area is 117 Å². The van der Waals surface area contributed by atoms with E-state index in [0.29, 0.717) is 38.9 Å². The predicted octanol–water partition coefficient (Wildman–Crippen LogP) is -0.104. The highest BCUT2D eigenvalue weighted by molar-refractivity contribution is 6.02. The summed E-state index contributed by atoms with van der Waals surface area (Å²) >= 11 is 0. The van der Waals surface area contributed by atoms with Crippen LogP contribution in [0.2, 0.25) is 0 Å². The van der Waals surface area contributed by atoms with Gasteiger partial charge in [-0.2, -0.15) is 0 Å². The molecule has 0 spiro atoms. The number of urea groups is 1. The number of rotatable bonds is 10. The van der Waals surface area contributed by atoms with E-state index in [9.17, 15) is 14.4 Å². The van der Waals surface area contributed by atoms with Crippen LogP contribution in [-0.2, 0) is 19.1 Å². The van der Waals surface area contributed by atoms with Gasteiger partial charge in [0.05, 0.1) is 13.2 Å². The number of hydrogen-bond donors (Lipinski definition) is 3. The number of ether oxygens (including phenoxy) is 2. The second kappa shape index (κ2) is 12.1. The minimum Gasteiger partial charge on any atom is -0.478 e. The maximum atomic E-state index is 11.2. The highest BCUT2D eigenvalue weighted by Gasteiger charge is 2.03. The number of imide groups is 1. The number of carboxylic acids is 1. The molecule has 0 aromatic heterocycles. The molecule has 8 nitrogen and oxygen atoms in total. The molecule has 0 aliphatic rings. The van der Waals surface area contributed by atoms with Gasteiger partial charge in [-0.15, -0.1) is 0 Å². The maximum absolute atomic E-state index is 11.2. The third-order valence-electron chi connectivity index (χ3n) is 2.05. The quantitative estimate of drug-likeness (QED) is 0.382. The Bertz CT molecular complexity index is 343. The van der Waals surface area contributed by atoms with Crippen molar-refractivity contribution in [2.75, 3.05) is 33.5 Å². The van der Waals surface area contributed by atoms with Crippen LogP contribution in [0.1, 0.15) is 12.8 Å². The van der Waals surface area contributed by atoms with Crippen LogP contribution in [0.25, 0.3) is 0 Å². The molecular weight excluding hydrogens is 268 g/mol. The minimum absolute atomic E-state index is 0.398. The van der Waals surface area contributed by atoms with Gasteiger partial charge in [0.1, 0.15) is 0 Å². The molecule has 0 saturated heterocycles. The lowest BCUT2D eigenvalue weighted by Gasteiger charge is -2.05. The summed E-state index contributed by atoms with van der Waals surface area (Å²) in [5.74, 6) is -2.04. The van der Waals surface area contributed by atoms with E-state index in [1.54, 1.807) is 7.11 Å². The summed E-state index contributed by atoms with van der Waals surface area (Å²) in [6.07, 6.45) is 2.90. The van der Waals surface area contributed by atoms with Crippen molar-refractivity contribution in [2.24, 2.45) is 0 Å². The molecule has 0 fully saturated rings. The molecule has 0 aliphatic carbocycles. The summed E-state index contributed by atoms with van der Waals surface area (Å²) in [5, 5.41) is 12.7. The summed E-state index contributed by atoms with van der Waals surface area (Å²) in [5.41, 5.74) is 0. The first-order valence-corrected chi connectivity index (χ1v) is 6.12. The normalized spacial score (nSPS) is 10.4. The SMILES string of the molecule is COCCOCCCCNC(=O)NC(=O)/C=C/C(=O)O. The van der Waals surface area contributed by atoms with Crippen LogP contribution in [0.3, 0.4) is 0 Å². The largest absolute Gasteiger partial charge is 0.478 e. The monoisotopic (exact) mass is 288 g/mol. The van der Waals surface area contributed by atoms with Crippen molar-refractivity contribution < 1.29 is 29.0 Å². The van der Waals surface area contributed by atoms with Gasteiger partial charge in [-0.05, 0) is 12.8 Å². The maximum Gasteiger partial charge on any atom is 0.328 e. The Morgan fingerprint density at radius 3 is 2.50 bits per heavy atom. The highest BCUT2D eigenvalue weighted by atomic mass is 16.5. The predicted molar refractivity (Wildman–Crippen MR) is 70.2 cm³/mol. The topological polar surface area (TPSA) is 114 Å². The molecule has 20 heavy (non-hydrogen) atoms. The zero-order chi connectivity index (χ0) is 15.2. The molecule has 114 valence electrons. The number of nitrogens with one attached hydrogen (secondary N) is 2. The van der Waals surface area contributed by atoms with Crippen molar-refractivity contribution >= 4 is 17.9 Å². The average Bonchev–Trinajstić information content (AvgIpc) is 2.39. The second-order valence-electron chi connectivity index (χ2n) is 3.73. The Morgan fingerprint density at radius 1 is 1.10 bits per heavy atom. The molecule has 0 rings (SSSR count). The van der Waals surface area contributed by atoms with Crippen molar-refractivity contribution in [1.82, 2.24) is 10.6 Å². The van der Waals surface area contributed by atoms with Gasteiger partial charge < -0.3 is 19.9 Å². The second-order valence-corrected chi connectivity index (χ2v) is 3.73. The van der Waals surface area contributed by atoms with Crippen LogP contribution in [0.4, 0.5) is 4.79 Å². The summed E-state index contributed by atoms with van der Waals surface area (Å²) in [4.78, 5) is 32.4. The molecule has 0 heterocycles. The molecule has 0 aromatic rings.